The Morgan fingerprint density at radius 3 is 2.40 bits per heavy atom. The molecule has 2 heterocycles. The summed E-state index contributed by atoms with van der Waals surface area (Å²) in [5, 5.41) is 1.72. The van der Waals surface area contributed by atoms with Gasteiger partial charge in [0.2, 0.25) is 0 Å². The summed E-state index contributed by atoms with van der Waals surface area (Å²) in [6.45, 7) is 4.98. The van der Waals surface area contributed by atoms with E-state index in [1.54, 1.807) is 18.1 Å². The molecule has 0 unspecified atom stereocenters. The molecule has 0 radical (unpaired) electrons. The van der Waals surface area contributed by atoms with Crippen molar-refractivity contribution < 1.29 is 14.3 Å². The van der Waals surface area contributed by atoms with E-state index in [2.05, 4.69) is 17.0 Å². The van der Waals surface area contributed by atoms with E-state index in [9.17, 15) is 4.79 Å². The molecule has 0 atom stereocenters. The average Bonchev–Trinajstić information content (AvgIpc) is 3.26. The zero-order valence-electron chi connectivity index (χ0n) is 22.5. The number of likely N-dealkylation sites (N-methyl/N-ethyl adjacent to an activating group) is 1. The molecule has 3 aromatic carbocycles. The first kappa shape index (κ1) is 28.4. The highest BCUT2D eigenvalue weighted by molar-refractivity contribution is 8.18. The maximum Gasteiger partial charge on any atom is 0.266 e. The summed E-state index contributed by atoms with van der Waals surface area (Å²) in [6, 6.07) is 19.3. The van der Waals surface area contributed by atoms with Crippen molar-refractivity contribution >= 4 is 63.5 Å². The predicted octanol–water partition coefficient (Wildman–Crippen LogP) is 8.20. The zero-order valence-corrected chi connectivity index (χ0v) is 24.9. The van der Waals surface area contributed by atoms with Gasteiger partial charge in [-0.05, 0) is 104 Å². The quantitative estimate of drug-likeness (QED) is 0.246. The summed E-state index contributed by atoms with van der Waals surface area (Å²) in [4.78, 5) is 22.7. The van der Waals surface area contributed by atoms with E-state index in [-0.39, 0.29) is 5.91 Å². The van der Waals surface area contributed by atoms with Crippen molar-refractivity contribution in [2.75, 3.05) is 31.6 Å². The molecule has 40 heavy (non-hydrogen) atoms. The van der Waals surface area contributed by atoms with Crippen LogP contribution in [0.3, 0.4) is 0 Å². The number of anilines is 1. The Morgan fingerprint density at radius 2 is 1.73 bits per heavy atom. The highest BCUT2D eigenvalue weighted by atomic mass is 35.5. The molecular weight excluding hydrogens is 565 g/mol. The highest BCUT2D eigenvalue weighted by Gasteiger charge is 2.32. The first-order chi connectivity index (χ1) is 19.4. The highest BCUT2D eigenvalue weighted by Crippen LogP contribution is 2.40. The van der Waals surface area contributed by atoms with Crippen LogP contribution in [0.5, 0.6) is 11.5 Å². The van der Waals surface area contributed by atoms with Gasteiger partial charge in [0.1, 0.15) is 6.61 Å². The molecule has 2 aliphatic heterocycles. The molecule has 0 N–H and O–H groups in total. The van der Waals surface area contributed by atoms with Crippen LogP contribution in [0, 0.1) is 0 Å². The number of amides is 1. The van der Waals surface area contributed by atoms with E-state index >= 15 is 0 Å². The van der Waals surface area contributed by atoms with Gasteiger partial charge in [0.05, 0.1) is 22.7 Å². The van der Waals surface area contributed by atoms with Crippen molar-refractivity contribution in [3.63, 3.8) is 0 Å². The lowest BCUT2D eigenvalue weighted by Crippen LogP contribution is -2.29. The SMILES string of the molecule is CCN1C(=O)/C(=C/c2cc(Cl)c(OCc3ccc(Cl)cc3)c(OC)c2)SC1=Nc1ccc(N2CCCCC2)cc1. The number of piperidine rings is 1. The van der Waals surface area contributed by atoms with Gasteiger partial charge >= 0.3 is 0 Å². The monoisotopic (exact) mass is 595 g/mol. The number of halogens is 2. The van der Waals surface area contributed by atoms with E-state index in [0.29, 0.717) is 44.8 Å². The van der Waals surface area contributed by atoms with E-state index in [1.807, 2.05) is 55.5 Å². The minimum absolute atomic E-state index is 0.0886. The second kappa shape index (κ2) is 13.0. The number of hydrogen-bond donors (Lipinski definition) is 0. The Labute approximate surface area is 249 Å². The van der Waals surface area contributed by atoms with Gasteiger partial charge < -0.3 is 14.4 Å². The van der Waals surface area contributed by atoms with Crippen LogP contribution in [0.15, 0.2) is 70.6 Å². The van der Waals surface area contributed by atoms with Crippen LogP contribution in [0.25, 0.3) is 6.08 Å². The van der Waals surface area contributed by atoms with Crippen molar-refractivity contribution in [2.24, 2.45) is 4.99 Å². The maximum atomic E-state index is 13.2. The van der Waals surface area contributed by atoms with Crippen molar-refractivity contribution in [3.05, 3.63) is 86.7 Å². The van der Waals surface area contributed by atoms with E-state index in [4.69, 9.17) is 37.7 Å². The molecule has 1 amide bonds. The third kappa shape index (κ3) is 6.60. The first-order valence-electron chi connectivity index (χ1n) is 13.3. The van der Waals surface area contributed by atoms with Gasteiger partial charge in [-0.3, -0.25) is 9.69 Å². The van der Waals surface area contributed by atoms with Crippen LogP contribution >= 0.6 is 35.0 Å². The number of amidine groups is 1. The average molecular weight is 597 g/mol. The second-order valence-electron chi connectivity index (χ2n) is 9.57. The lowest BCUT2D eigenvalue weighted by Gasteiger charge is -2.28. The predicted molar refractivity (Wildman–Crippen MR) is 166 cm³/mol. The molecule has 2 fully saturated rings. The van der Waals surface area contributed by atoms with E-state index in [1.165, 1.54) is 36.7 Å². The fourth-order valence-corrected chi connectivity index (χ4v) is 6.18. The summed E-state index contributed by atoms with van der Waals surface area (Å²) in [7, 11) is 1.56. The van der Waals surface area contributed by atoms with Gasteiger partial charge in [0.15, 0.2) is 16.7 Å². The Kier molecular flexibility index (Phi) is 9.25. The normalized spacial score (nSPS) is 17.6. The van der Waals surface area contributed by atoms with Gasteiger partial charge in [0, 0.05) is 30.3 Å². The summed E-state index contributed by atoms with van der Waals surface area (Å²) in [5.41, 5.74) is 3.73. The molecule has 0 saturated carbocycles. The van der Waals surface area contributed by atoms with Crippen molar-refractivity contribution in [1.82, 2.24) is 4.90 Å². The fourth-order valence-electron chi connectivity index (χ4n) is 4.72. The number of aliphatic imine (C=N–C) groups is 1. The molecule has 0 aromatic heterocycles. The van der Waals surface area contributed by atoms with Gasteiger partial charge in [-0.25, -0.2) is 4.99 Å². The van der Waals surface area contributed by atoms with Crippen LogP contribution in [-0.2, 0) is 11.4 Å². The summed E-state index contributed by atoms with van der Waals surface area (Å²) >= 11 is 13.9. The Balaban J connectivity index is 1.34. The van der Waals surface area contributed by atoms with Crippen molar-refractivity contribution in [2.45, 2.75) is 32.8 Å². The molecule has 2 saturated heterocycles. The topological polar surface area (TPSA) is 54.4 Å². The van der Waals surface area contributed by atoms with Crippen molar-refractivity contribution in [1.29, 1.82) is 0 Å². The van der Waals surface area contributed by atoms with E-state index < -0.39 is 0 Å². The number of ether oxygens (including phenoxy) is 2. The van der Waals surface area contributed by atoms with Crippen LogP contribution in [-0.4, -0.2) is 42.7 Å². The first-order valence-corrected chi connectivity index (χ1v) is 14.9. The number of hydrogen-bond acceptors (Lipinski definition) is 6. The summed E-state index contributed by atoms with van der Waals surface area (Å²) in [5.74, 6) is 0.838. The Bertz CT molecular complexity index is 1420. The maximum absolute atomic E-state index is 13.2. The van der Waals surface area contributed by atoms with Gasteiger partial charge in [-0.1, -0.05) is 35.3 Å². The van der Waals surface area contributed by atoms with Crippen LogP contribution in [0.4, 0.5) is 11.4 Å². The van der Waals surface area contributed by atoms with Crippen LogP contribution < -0.4 is 14.4 Å². The lowest BCUT2D eigenvalue weighted by molar-refractivity contribution is -0.122. The summed E-state index contributed by atoms with van der Waals surface area (Å²) < 4.78 is 11.5. The van der Waals surface area contributed by atoms with Gasteiger partial charge in [-0.15, -0.1) is 0 Å². The molecule has 0 aliphatic carbocycles. The van der Waals surface area contributed by atoms with Gasteiger partial charge in [-0.2, -0.15) is 0 Å². The van der Waals surface area contributed by atoms with Crippen LogP contribution in [0.2, 0.25) is 10.0 Å². The Morgan fingerprint density at radius 1 is 1.00 bits per heavy atom. The Hall–Kier alpha value is -3.13. The molecule has 3 aromatic rings. The van der Waals surface area contributed by atoms with E-state index in [0.717, 1.165) is 29.9 Å². The summed E-state index contributed by atoms with van der Waals surface area (Å²) in [6.07, 6.45) is 5.59. The lowest BCUT2D eigenvalue weighted by atomic mass is 10.1. The molecule has 208 valence electrons. The third-order valence-electron chi connectivity index (χ3n) is 6.85. The molecule has 0 spiro atoms. The largest absolute Gasteiger partial charge is 0.493 e. The number of nitrogens with zero attached hydrogens (tertiary/aromatic N) is 3. The zero-order chi connectivity index (χ0) is 28.1. The standard InChI is InChI=1S/C31H31Cl2N3O3S/c1-3-36-30(37)28(40-31(36)34-24-11-13-25(14-12-24)35-15-5-4-6-16-35)19-22-17-26(33)29(27(18-22)38-2)39-20-21-7-9-23(32)10-8-21/h7-14,17-19H,3-6,15-16,20H2,1-2H3/b28-19-,34-31?. The molecular formula is C31H31Cl2N3O3S. The number of thioether (sulfide) groups is 1. The number of carbonyl (C=O) groups excluding carboxylic acids is 1. The minimum Gasteiger partial charge on any atom is -0.493 e. The molecule has 2 aliphatic rings. The fraction of sp³-hybridized carbons (Fsp3) is 0.290. The minimum atomic E-state index is -0.0886. The van der Waals surface area contributed by atoms with Gasteiger partial charge in [0.25, 0.3) is 5.91 Å². The number of methoxy groups -OCH3 is 1. The number of carbonyl (C=O) groups is 1. The third-order valence-corrected chi connectivity index (χ3v) is 8.39. The number of benzene rings is 3. The smallest absolute Gasteiger partial charge is 0.266 e. The molecule has 0 bridgehead atoms. The molecule has 9 heteroatoms. The number of rotatable bonds is 8. The van der Waals surface area contributed by atoms with Crippen molar-refractivity contribution in [3.8, 4) is 11.5 Å². The van der Waals surface area contributed by atoms with Crippen LogP contribution in [0.1, 0.15) is 37.3 Å². The molecule has 5 rings (SSSR count). The molecule has 6 nitrogen and oxygen atoms in total. The second-order valence-corrected chi connectivity index (χ2v) is 11.4.